The third-order valence-corrected chi connectivity index (χ3v) is 5.13. The predicted octanol–water partition coefficient (Wildman–Crippen LogP) is 4.13. The molecule has 2 fully saturated rings. The Bertz CT molecular complexity index is 270. The van der Waals surface area contributed by atoms with Crippen molar-refractivity contribution in [3.05, 3.63) is 0 Å². The molecule has 112 valence electrons. The first kappa shape index (κ1) is 15.3. The van der Waals surface area contributed by atoms with E-state index >= 15 is 0 Å². The van der Waals surface area contributed by atoms with Gasteiger partial charge < -0.3 is 10.5 Å². The highest BCUT2D eigenvalue weighted by atomic mass is 16.5. The lowest BCUT2D eigenvalue weighted by Gasteiger charge is -2.39. The van der Waals surface area contributed by atoms with Crippen molar-refractivity contribution >= 4 is 0 Å². The minimum atomic E-state index is 0.264. The van der Waals surface area contributed by atoms with Crippen LogP contribution < -0.4 is 5.73 Å². The van der Waals surface area contributed by atoms with Gasteiger partial charge in [0.25, 0.3) is 0 Å². The summed E-state index contributed by atoms with van der Waals surface area (Å²) in [6, 6.07) is 0.264. The van der Waals surface area contributed by atoms with Gasteiger partial charge in [0.1, 0.15) is 0 Å². The summed E-state index contributed by atoms with van der Waals surface area (Å²) in [5.74, 6) is 1.50. The molecule has 0 heterocycles. The molecule has 2 N–H and O–H groups in total. The third-order valence-electron chi connectivity index (χ3n) is 5.13. The maximum Gasteiger partial charge on any atom is 0.0623 e. The van der Waals surface area contributed by atoms with Gasteiger partial charge in [-0.25, -0.2) is 0 Å². The van der Waals surface area contributed by atoms with Gasteiger partial charge in [-0.3, -0.25) is 0 Å². The molecule has 2 saturated carbocycles. The zero-order chi connectivity index (χ0) is 13.9. The van der Waals surface area contributed by atoms with Gasteiger partial charge in [-0.1, -0.05) is 40.0 Å². The molecule has 0 saturated heterocycles. The van der Waals surface area contributed by atoms with Gasteiger partial charge in [-0.05, 0) is 49.4 Å². The Hall–Kier alpha value is -0.0800. The van der Waals surface area contributed by atoms with Crippen LogP contribution in [0.25, 0.3) is 0 Å². The number of hydrogen-bond acceptors (Lipinski definition) is 2. The van der Waals surface area contributed by atoms with E-state index in [0.29, 0.717) is 17.4 Å². The van der Waals surface area contributed by atoms with Crippen LogP contribution in [0.15, 0.2) is 0 Å². The zero-order valence-electron chi connectivity index (χ0n) is 13.2. The van der Waals surface area contributed by atoms with Crippen molar-refractivity contribution in [2.75, 3.05) is 6.61 Å². The normalized spacial score (nSPS) is 34.1. The molecule has 2 aliphatic rings. The average Bonchev–Trinajstić information content (AvgIpc) is 2.34. The molecule has 2 nitrogen and oxygen atoms in total. The van der Waals surface area contributed by atoms with Gasteiger partial charge in [0, 0.05) is 6.04 Å². The topological polar surface area (TPSA) is 35.2 Å². The van der Waals surface area contributed by atoms with Crippen LogP contribution in [-0.2, 0) is 4.74 Å². The number of rotatable bonds is 4. The van der Waals surface area contributed by atoms with Crippen molar-refractivity contribution < 1.29 is 4.74 Å². The molecule has 2 heteroatoms. The Morgan fingerprint density at radius 1 is 1.16 bits per heavy atom. The lowest BCUT2D eigenvalue weighted by molar-refractivity contribution is -0.0335. The maximum atomic E-state index is 6.34. The molecule has 0 aliphatic heterocycles. The van der Waals surface area contributed by atoms with E-state index in [4.69, 9.17) is 10.5 Å². The second-order valence-electron chi connectivity index (χ2n) is 7.93. The van der Waals surface area contributed by atoms with Crippen LogP contribution in [0, 0.1) is 17.3 Å². The van der Waals surface area contributed by atoms with Crippen LogP contribution in [0.2, 0.25) is 0 Å². The van der Waals surface area contributed by atoms with E-state index in [1.54, 1.807) is 0 Å². The fourth-order valence-electron chi connectivity index (χ4n) is 4.33. The van der Waals surface area contributed by atoms with Gasteiger partial charge in [-0.15, -0.1) is 0 Å². The second-order valence-corrected chi connectivity index (χ2v) is 7.93. The molecular formula is C17H33NO. The highest BCUT2D eigenvalue weighted by molar-refractivity contribution is 4.84. The maximum absolute atomic E-state index is 6.34. The van der Waals surface area contributed by atoms with E-state index in [0.717, 1.165) is 12.5 Å². The number of ether oxygens (including phenoxy) is 1. The molecule has 2 rings (SSSR count). The number of nitrogens with two attached hydrogens (primary N) is 1. The van der Waals surface area contributed by atoms with Crippen molar-refractivity contribution in [2.45, 2.75) is 84.3 Å². The summed E-state index contributed by atoms with van der Waals surface area (Å²) in [5, 5.41) is 0. The summed E-state index contributed by atoms with van der Waals surface area (Å²) in [6.07, 6.45) is 11.0. The minimum absolute atomic E-state index is 0.264. The van der Waals surface area contributed by atoms with Crippen molar-refractivity contribution in [2.24, 2.45) is 23.0 Å². The second kappa shape index (κ2) is 6.58. The molecular weight excluding hydrogens is 234 g/mol. The Balaban J connectivity index is 1.74. The van der Waals surface area contributed by atoms with Crippen LogP contribution >= 0.6 is 0 Å². The zero-order valence-corrected chi connectivity index (χ0v) is 13.2. The van der Waals surface area contributed by atoms with Crippen LogP contribution in [0.5, 0.6) is 0 Å². The van der Waals surface area contributed by atoms with Crippen LogP contribution in [-0.4, -0.2) is 18.8 Å². The lowest BCUT2D eigenvalue weighted by Crippen LogP contribution is -2.39. The molecule has 0 aromatic carbocycles. The Kier molecular flexibility index (Phi) is 5.30. The van der Waals surface area contributed by atoms with E-state index in [1.165, 1.54) is 51.4 Å². The molecule has 0 radical (unpaired) electrons. The molecule has 3 unspecified atom stereocenters. The van der Waals surface area contributed by atoms with Gasteiger partial charge in [0.15, 0.2) is 0 Å². The van der Waals surface area contributed by atoms with E-state index in [1.807, 2.05) is 0 Å². The van der Waals surface area contributed by atoms with E-state index in [9.17, 15) is 0 Å². The molecule has 3 atom stereocenters. The summed E-state index contributed by atoms with van der Waals surface area (Å²) in [7, 11) is 0. The molecule has 0 bridgehead atoms. The predicted molar refractivity (Wildman–Crippen MR) is 81.1 cm³/mol. The van der Waals surface area contributed by atoms with Crippen molar-refractivity contribution in [1.82, 2.24) is 0 Å². The first-order valence-corrected chi connectivity index (χ1v) is 8.33. The SMILES string of the molecule is CC1CC(OCC(N)C2CCCCC2)CC(C)(C)C1. The van der Waals surface area contributed by atoms with Crippen LogP contribution in [0.1, 0.15) is 72.1 Å². The van der Waals surface area contributed by atoms with Gasteiger partial charge in [0.05, 0.1) is 12.7 Å². The summed E-state index contributed by atoms with van der Waals surface area (Å²) in [5.41, 5.74) is 6.78. The first-order valence-electron chi connectivity index (χ1n) is 8.33. The van der Waals surface area contributed by atoms with Crippen LogP contribution in [0.3, 0.4) is 0 Å². The molecule has 19 heavy (non-hydrogen) atoms. The molecule has 0 spiro atoms. The fraction of sp³-hybridized carbons (Fsp3) is 1.00. The van der Waals surface area contributed by atoms with Crippen molar-refractivity contribution in [1.29, 1.82) is 0 Å². The first-order chi connectivity index (χ1) is 8.96. The van der Waals surface area contributed by atoms with Gasteiger partial charge in [0.2, 0.25) is 0 Å². The smallest absolute Gasteiger partial charge is 0.0623 e. The largest absolute Gasteiger partial charge is 0.377 e. The monoisotopic (exact) mass is 267 g/mol. The Morgan fingerprint density at radius 3 is 2.47 bits per heavy atom. The third kappa shape index (κ3) is 4.75. The fourth-order valence-corrected chi connectivity index (χ4v) is 4.33. The highest BCUT2D eigenvalue weighted by Crippen LogP contribution is 2.39. The Morgan fingerprint density at radius 2 is 1.84 bits per heavy atom. The van der Waals surface area contributed by atoms with Crippen molar-refractivity contribution in [3.63, 3.8) is 0 Å². The number of hydrogen-bond donors (Lipinski definition) is 1. The standard InChI is InChI=1S/C17H33NO/c1-13-9-15(11-17(2,3)10-13)19-12-16(18)14-7-5-4-6-8-14/h13-16H,4-12,18H2,1-3H3. The van der Waals surface area contributed by atoms with E-state index < -0.39 is 0 Å². The Labute approximate surface area is 119 Å². The van der Waals surface area contributed by atoms with E-state index in [2.05, 4.69) is 20.8 Å². The van der Waals surface area contributed by atoms with Crippen LogP contribution in [0.4, 0.5) is 0 Å². The van der Waals surface area contributed by atoms with Gasteiger partial charge >= 0.3 is 0 Å². The minimum Gasteiger partial charge on any atom is -0.377 e. The summed E-state index contributed by atoms with van der Waals surface area (Å²) >= 11 is 0. The summed E-state index contributed by atoms with van der Waals surface area (Å²) in [6.45, 7) is 7.89. The summed E-state index contributed by atoms with van der Waals surface area (Å²) < 4.78 is 6.18. The summed E-state index contributed by atoms with van der Waals surface area (Å²) in [4.78, 5) is 0. The quantitative estimate of drug-likeness (QED) is 0.831. The highest BCUT2D eigenvalue weighted by Gasteiger charge is 2.33. The molecule has 0 amide bonds. The average molecular weight is 267 g/mol. The molecule has 0 aromatic rings. The van der Waals surface area contributed by atoms with Crippen molar-refractivity contribution in [3.8, 4) is 0 Å². The van der Waals surface area contributed by atoms with E-state index in [-0.39, 0.29) is 6.04 Å². The molecule has 0 aromatic heterocycles. The molecule has 2 aliphatic carbocycles. The van der Waals surface area contributed by atoms with Gasteiger partial charge in [-0.2, -0.15) is 0 Å². The lowest BCUT2D eigenvalue weighted by atomic mass is 9.71.